The van der Waals surface area contributed by atoms with Crippen molar-refractivity contribution in [2.24, 2.45) is 0 Å². The van der Waals surface area contributed by atoms with Gasteiger partial charge < -0.3 is 14.2 Å². The van der Waals surface area contributed by atoms with E-state index >= 15 is 0 Å². The van der Waals surface area contributed by atoms with E-state index in [4.69, 9.17) is 12.3 Å². The zero-order valence-corrected chi connectivity index (χ0v) is 16.7. The second kappa shape index (κ2) is 5.81. The third-order valence-electron chi connectivity index (χ3n) is 5.73. The molecule has 28 heavy (non-hydrogen) atoms. The fourth-order valence-electron chi connectivity index (χ4n) is 4.66. The van der Waals surface area contributed by atoms with Crippen molar-refractivity contribution in [3.63, 3.8) is 0 Å². The van der Waals surface area contributed by atoms with Crippen LogP contribution >= 0.6 is 0 Å². The molecule has 0 N–H and O–H groups in total. The summed E-state index contributed by atoms with van der Waals surface area (Å²) in [6.07, 6.45) is 0.0647. The molecule has 1 aliphatic heterocycles. The van der Waals surface area contributed by atoms with Gasteiger partial charge in [-0.25, -0.2) is 0 Å². The molecule has 0 amide bonds. The number of fused-ring (bicyclic) bond motifs is 4. The Kier molecular flexibility index (Phi) is 3.58. The fraction of sp³-hybridized carbons (Fsp3) is 0.250. The highest BCUT2D eigenvalue weighted by molar-refractivity contribution is 6.17. The van der Waals surface area contributed by atoms with Gasteiger partial charge in [0.25, 0.3) is 0 Å². The highest BCUT2D eigenvalue weighted by Crippen LogP contribution is 2.49. The van der Waals surface area contributed by atoms with E-state index in [9.17, 15) is 0 Å². The van der Waals surface area contributed by atoms with E-state index in [2.05, 4.69) is 86.0 Å². The van der Waals surface area contributed by atoms with Crippen LogP contribution in [-0.2, 0) is 0 Å². The first-order chi connectivity index (χ1) is 13.4. The number of para-hydroxylation sites is 3. The van der Waals surface area contributed by atoms with Crippen LogP contribution in [0.4, 0.5) is 17.1 Å². The molecule has 2 heterocycles. The molecule has 1 atom stereocenters. The summed E-state index contributed by atoms with van der Waals surface area (Å²) in [6.45, 7) is 8.46. The van der Waals surface area contributed by atoms with Gasteiger partial charge in [0.05, 0.1) is 17.1 Å². The summed E-state index contributed by atoms with van der Waals surface area (Å²) in [5, 5.41) is 2.29. The summed E-state index contributed by atoms with van der Waals surface area (Å²) >= 11 is 0. The molecular formula is C24H23BN2O. The number of aryl methyl sites for hydroxylation is 1. The maximum atomic E-state index is 6.57. The molecule has 4 aromatic rings. The lowest BCUT2D eigenvalue weighted by Gasteiger charge is -2.40. The molecule has 1 aliphatic rings. The van der Waals surface area contributed by atoms with E-state index in [1.54, 1.807) is 0 Å². The topological polar surface area (TPSA) is 19.6 Å². The van der Waals surface area contributed by atoms with E-state index in [0.29, 0.717) is 0 Å². The standard InChI is InChI=1S/C24H23BN2O/c1-15-13-14-18-17-9-5-8-12-21(17)28-23(18)22(15)26-16(2)27(24(3,4)25)20-11-7-6-10-19(20)26/h5-14,16H,1-4H3/t16-/m1/s1. The third kappa shape index (κ3) is 2.30. The van der Waals surface area contributed by atoms with Crippen molar-refractivity contribution in [1.82, 2.24) is 0 Å². The number of anilines is 3. The minimum atomic E-state index is -0.486. The van der Waals surface area contributed by atoms with Crippen LogP contribution in [-0.4, -0.2) is 19.5 Å². The average molecular weight is 366 g/mol. The molecule has 3 nitrogen and oxygen atoms in total. The Labute approximate surface area is 167 Å². The first-order valence-electron chi connectivity index (χ1n) is 9.75. The highest BCUT2D eigenvalue weighted by Gasteiger charge is 2.40. The lowest BCUT2D eigenvalue weighted by molar-refractivity contribution is 0.559. The van der Waals surface area contributed by atoms with Gasteiger partial charge in [0.15, 0.2) is 5.58 Å². The quantitative estimate of drug-likeness (QED) is 0.400. The molecule has 0 saturated carbocycles. The van der Waals surface area contributed by atoms with Gasteiger partial charge >= 0.3 is 0 Å². The van der Waals surface area contributed by atoms with Crippen molar-refractivity contribution >= 4 is 46.8 Å². The summed E-state index contributed by atoms with van der Waals surface area (Å²) in [4.78, 5) is 4.65. The highest BCUT2D eigenvalue weighted by atomic mass is 16.3. The van der Waals surface area contributed by atoms with Crippen molar-refractivity contribution in [3.8, 4) is 0 Å². The van der Waals surface area contributed by atoms with Crippen molar-refractivity contribution in [1.29, 1.82) is 0 Å². The zero-order valence-electron chi connectivity index (χ0n) is 16.7. The van der Waals surface area contributed by atoms with Crippen molar-refractivity contribution < 1.29 is 4.42 Å². The largest absolute Gasteiger partial charge is 0.454 e. The second-order valence-electron chi connectivity index (χ2n) is 8.22. The van der Waals surface area contributed by atoms with Crippen LogP contribution in [0, 0.1) is 6.92 Å². The Hall–Kier alpha value is -2.88. The first-order valence-corrected chi connectivity index (χ1v) is 9.75. The predicted octanol–water partition coefficient (Wildman–Crippen LogP) is 6.10. The van der Waals surface area contributed by atoms with Gasteiger partial charge in [-0.3, -0.25) is 0 Å². The Morgan fingerprint density at radius 1 is 0.893 bits per heavy atom. The molecule has 1 aromatic heterocycles. The van der Waals surface area contributed by atoms with Gasteiger partial charge in [-0.2, -0.15) is 0 Å². The minimum Gasteiger partial charge on any atom is -0.454 e. The molecule has 0 saturated heterocycles. The van der Waals surface area contributed by atoms with Crippen LogP contribution in [0.1, 0.15) is 26.3 Å². The summed E-state index contributed by atoms with van der Waals surface area (Å²) in [5.41, 5.74) is 5.96. The van der Waals surface area contributed by atoms with Crippen LogP contribution in [0.3, 0.4) is 0 Å². The van der Waals surface area contributed by atoms with Crippen LogP contribution in [0.15, 0.2) is 65.1 Å². The van der Waals surface area contributed by atoms with Crippen LogP contribution in [0.5, 0.6) is 0 Å². The second-order valence-corrected chi connectivity index (χ2v) is 8.22. The van der Waals surface area contributed by atoms with Crippen molar-refractivity contribution in [2.45, 2.75) is 39.3 Å². The summed E-state index contributed by atoms with van der Waals surface area (Å²) < 4.78 is 6.37. The number of furan rings is 1. The number of hydrogen-bond donors (Lipinski definition) is 0. The zero-order chi connectivity index (χ0) is 19.6. The Bertz CT molecular complexity index is 1200. The molecular weight excluding hydrogens is 343 g/mol. The molecule has 2 radical (unpaired) electrons. The minimum absolute atomic E-state index is 0.0647. The molecule has 3 aromatic carbocycles. The van der Waals surface area contributed by atoms with Gasteiger partial charge in [0.1, 0.15) is 19.6 Å². The maximum Gasteiger partial charge on any atom is 0.159 e. The van der Waals surface area contributed by atoms with E-state index in [1.165, 1.54) is 5.56 Å². The van der Waals surface area contributed by atoms with Gasteiger partial charge in [0.2, 0.25) is 0 Å². The molecule has 5 rings (SSSR count). The molecule has 0 aliphatic carbocycles. The Balaban J connectivity index is 1.82. The molecule has 0 spiro atoms. The lowest BCUT2D eigenvalue weighted by Crippen LogP contribution is -2.51. The van der Waals surface area contributed by atoms with Crippen molar-refractivity contribution in [3.05, 3.63) is 66.2 Å². The van der Waals surface area contributed by atoms with Gasteiger partial charge in [-0.15, -0.1) is 0 Å². The summed E-state index contributed by atoms with van der Waals surface area (Å²) in [6, 6.07) is 21.0. The maximum absolute atomic E-state index is 6.57. The van der Waals surface area contributed by atoms with Crippen molar-refractivity contribution in [2.75, 3.05) is 9.80 Å². The number of hydrogen-bond acceptors (Lipinski definition) is 3. The number of rotatable bonds is 2. The van der Waals surface area contributed by atoms with E-state index in [-0.39, 0.29) is 6.17 Å². The van der Waals surface area contributed by atoms with Gasteiger partial charge in [-0.1, -0.05) is 56.3 Å². The third-order valence-corrected chi connectivity index (χ3v) is 5.73. The van der Waals surface area contributed by atoms with Gasteiger partial charge in [0, 0.05) is 10.8 Å². The molecule has 138 valence electrons. The average Bonchev–Trinajstić information content (AvgIpc) is 3.16. The molecule has 0 unspecified atom stereocenters. The van der Waals surface area contributed by atoms with E-state index < -0.39 is 5.44 Å². The van der Waals surface area contributed by atoms with Gasteiger partial charge in [-0.05, 0) is 43.0 Å². The smallest absolute Gasteiger partial charge is 0.159 e. The first kappa shape index (κ1) is 17.2. The Morgan fingerprint density at radius 2 is 1.57 bits per heavy atom. The van der Waals surface area contributed by atoms with Crippen LogP contribution in [0.2, 0.25) is 0 Å². The van der Waals surface area contributed by atoms with Crippen LogP contribution < -0.4 is 9.80 Å². The van der Waals surface area contributed by atoms with Crippen LogP contribution in [0.25, 0.3) is 21.9 Å². The molecule has 0 bridgehead atoms. The number of nitrogens with zero attached hydrogens (tertiary/aromatic N) is 2. The predicted molar refractivity (Wildman–Crippen MR) is 119 cm³/mol. The molecule has 4 heteroatoms. The summed E-state index contributed by atoms with van der Waals surface area (Å²) in [7, 11) is 6.57. The fourth-order valence-corrected chi connectivity index (χ4v) is 4.66. The van der Waals surface area contributed by atoms with E-state index in [1.807, 2.05) is 12.1 Å². The monoisotopic (exact) mass is 366 g/mol. The summed E-state index contributed by atoms with van der Waals surface area (Å²) in [5.74, 6) is 0. The molecule has 0 fully saturated rings. The lowest BCUT2D eigenvalue weighted by atomic mass is 9.79. The van der Waals surface area contributed by atoms with E-state index in [0.717, 1.165) is 39.0 Å². The number of benzene rings is 3. The SMILES string of the molecule is [B]C(C)(C)N1c2ccccc2N(c2c(C)ccc3c2oc2ccccc23)[C@H]1C. The Morgan fingerprint density at radius 3 is 2.32 bits per heavy atom. The normalized spacial score (nSPS) is 16.9.